The zero-order valence-electron chi connectivity index (χ0n) is 13.4. The van der Waals surface area contributed by atoms with Crippen LogP contribution in [0.2, 0.25) is 0 Å². The van der Waals surface area contributed by atoms with Gasteiger partial charge in [0.05, 0.1) is 11.9 Å². The molecule has 0 aliphatic heterocycles. The van der Waals surface area contributed by atoms with Crippen LogP contribution in [0.25, 0.3) is 5.82 Å². The quantitative estimate of drug-likeness (QED) is 0.758. The van der Waals surface area contributed by atoms with E-state index in [9.17, 15) is 4.79 Å². The number of hydrogen-bond donors (Lipinski definition) is 2. The molecule has 3 rings (SSSR count). The van der Waals surface area contributed by atoms with Crippen molar-refractivity contribution in [3.63, 3.8) is 0 Å². The van der Waals surface area contributed by atoms with Crippen molar-refractivity contribution in [1.82, 2.24) is 20.1 Å². The molecule has 0 fully saturated rings. The lowest BCUT2D eigenvalue weighted by atomic mass is 10.0. The van der Waals surface area contributed by atoms with Crippen LogP contribution in [-0.4, -0.2) is 27.3 Å². The number of rotatable bonds is 5. The van der Waals surface area contributed by atoms with E-state index < -0.39 is 0 Å². The fraction of sp³-hybridized carbons (Fsp3) is 0.167. The summed E-state index contributed by atoms with van der Waals surface area (Å²) < 4.78 is 1.66. The molecule has 2 heterocycles. The Labute approximate surface area is 140 Å². The fourth-order valence-electron chi connectivity index (χ4n) is 2.32. The topological polar surface area (TPSA) is 71.8 Å². The van der Waals surface area contributed by atoms with Crippen molar-refractivity contribution in [1.29, 1.82) is 0 Å². The van der Waals surface area contributed by atoms with Gasteiger partial charge in [-0.3, -0.25) is 0 Å². The van der Waals surface area contributed by atoms with Gasteiger partial charge in [-0.25, -0.2) is 14.5 Å². The number of urea groups is 1. The summed E-state index contributed by atoms with van der Waals surface area (Å²) in [5, 5.41) is 9.76. The molecular weight excluding hydrogens is 302 g/mol. The lowest BCUT2D eigenvalue weighted by molar-refractivity contribution is 0.251. The Hall–Kier alpha value is -3.15. The van der Waals surface area contributed by atoms with E-state index in [1.54, 1.807) is 29.2 Å². The summed E-state index contributed by atoms with van der Waals surface area (Å²) in [4.78, 5) is 16.3. The SMILES string of the molecule is CC(CNC(=O)Nc1ccc(-n2cccn2)nc1)c1ccccc1. The lowest BCUT2D eigenvalue weighted by Gasteiger charge is -2.13. The van der Waals surface area contributed by atoms with Crippen LogP contribution in [0.3, 0.4) is 0 Å². The summed E-state index contributed by atoms with van der Waals surface area (Å²) in [7, 11) is 0. The second-order valence-electron chi connectivity index (χ2n) is 5.50. The summed E-state index contributed by atoms with van der Waals surface area (Å²) >= 11 is 0. The Morgan fingerprint density at radius 2 is 2.00 bits per heavy atom. The second kappa shape index (κ2) is 7.41. The number of anilines is 1. The number of aromatic nitrogens is 3. The average Bonchev–Trinajstić information content (AvgIpc) is 3.16. The molecule has 6 nitrogen and oxygen atoms in total. The standard InChI is InChI=1S/C18H19N5O/c1-14(15-6-3-2-4-7-15)12-20-18(24)22-16-8-9-17(19-13-16)23-11-5-10-21-23/h2-11,13-14H,12H2,1H3,(H2,20,22,24). The Kier molecular flexibility index (Phi) is 4.86. The summed E-state index contributed by atoms with van der Waals surface area (Å²) in [6.07, 6.45) is 5.11. The van der Waals surface area contributed by atoms with Gasteiger partial charge < -0.3 is 10.6 Å². The van der Waals surface area contributed by atoms with Crippen LogP contribution in [0.5, 0.6) is 0 Å². The van der Waals surface area contributed by atoms with Crippen LogP contribution in [0.1, 0.15) is 18.4 Å². The Morgan fingerprint density at radius 1 is 1.17 bits per heavy atom. The average molecular weight is 321 g/mol. The highest BCUT2D eigenvalue weighted by molar-refractivity contribution is 5.89. The zero-order valence-corrected chi connectivity index (χ0v) is 13.4. The van der Waals surface area contributed by atoms with E-state index in [4.69, 9.17) is 0 Å². The van der Waals surface area contributed by atoms with Crippen molar-refractivity contribution in [2.24, 2.45) is 0 Å². The minimum Gasteiger partial charge on any atom is -0.337 e. The number of carbonyl (C=O) groups is 1. The van der Waals surface area contributed by atoms with Gasteiger partial charge in [0.15, 0.2) is 5.82 Å². The van der Waals surface area contributed by atoms with E-state index in [0.717, 1.165) is 0 Å². The van der Waals surface area contributed by atoms with Crippen molar-refractivity contribution in [2.45, 2.75) is 12.8 Å². The first-order valence-corrected chi connectivity index (χ1v) is 7.78. The first kappa shape index (κ1) is 15.7. The fourth-order valence-corrected chi connectivity index (χ4v) is 2.32. The molecule has 0 spiro atoms. The summed E-state index contributed by atoms with van der Waals surface area (Å²) in [6, 6.07) is 15.3. The van der Waals surface area contributed by atoms with E-state index in [0.29, 0.717) is 18.1 Å². The molecule has 2 amide bonds. The highest BCUT2D eigenvalue weighted by Gasteiger charge is 2.08. The maximum Gasteiger partial charge on any atom is 0.319 e. The van der Waals surface area contributed by atoms with E-state index in [1.165, 1.54) is 5.56 Å². The predicted octanol–water partition coefficient (Wildman–Crippen LogP) is 3.19. The highest BCUT2D eigenvalue weighted by Crippen LogP contribution is 2.13. The second-order valence-corrected chi connectivity index (χ2v) is 5.50. The number of benzene rings is 1. The van der Waals surface area contributed by atoms with Crippen molar-refractivity contribution < 1.29 is 4.79 Å². The third kappa shape index (κ3) is 3.98. The van der Waals surface area contributed by atoms with Crippen LogP contribution in [0.4, 0.5) is 10.5 Å². The minimum atomic E-state index is -0.244. The third-order valence-electron chi connectivity index (χ3n) is 3.68. The molecular formula is C18H19N5O. The van der Waals surface area contributed by atoms with Crippen molar-refractivity contribution in [3.8, 4) is 5.82 Å². The van der Waals surface area contributed by atoms with Crippen molar-refractivity contribution in [2.75, 3.05) is 11.9 Å². The molecule has 0 saturated heterocycles. The van der Waals surface area contributed by atoms with E-state index in [-0.39, 0.29) is 11.9 Å². The number of hydrogen-bond acceptors (Lipinski definition) is 3. The molecule has 1 aromatic carbocycles. The third-order valence-corrected chi connectivity index (χ3v) is 3.68. The molecule has 0 bridgehead atoms. The van der Waals surface area contributed by atoms with Gasteiger partial charge in [0, 0.05) is 18.9 Å². The largest absolute Gasteiger partial charge is 0.337 e. The monoisotopic (exact) mass is 321 g/mol. The molecule has 2 aromatic heterocycles. The normalized spacial score (nSPS) is 11.7. The summed E-state index contributed by atoms with van der Waals surface area (Å²) in [6.45, 7) is 2.64. The highest BCUT2D eigenvalue weighted by atomic mass is 16.2. The predicted molar refractivity (Wildman–Crippen MR) is 93.2 cm³/mol. The first-order chi connectivity index (χ1) is 11.7. The zero-order chi connectivity index (χ0) is 16.8. The molecule has 0 radical (unpaired) electrons. The molecule has 0 aliphatic carbocycles. The number of nitrogens with one attached hydrogen (secondary N) is 2. The minimum absolute atomic E-state index is 0.244. The van der Waals surface area contributed by atoms with Crippen LogP contribution in [0.15, 0.2) is 67.1 Å². The number of amides is 2. The van der Waals surface area contributed by atoms with Crippen molar-refractivity contribution in [3.05, 3.63) is 72.7 Å². The lowest BCUT2D eigenvalue weighted by Crippen LogP contribution is -2.31. The van der Waals surface area contributed by atoms with Crippen molar-refractivity contribution >= 4 is 11.7 Å². The maximum atomic E-state index is 12.0. The number of carbonyl (C=O) groups excluding carboxylic acids is 1. The first-order valence-electron chi connectivity index (χ1n) is 7.78. The Bertz CT molecular complexity index is 769. The van der Waals surface area contributed by atoms with Crippen LogP contribution in [-0.2, 0) is 0 Å². The van der Waals surface area contributed by atoms with Crippen LogP contribution >= 0.6 is 0 Å². The molecule has 1 unspecified atom stereocenters. The van der Waals surface area contributed by atoms with Gasteiger partial charge in [-0.1, -0.05) is 37.3 Å². The van der Waals surface area contributed by atoms with Gasteiger partial charge in [-0.2, -0.15) is 5.10 Å². The van der Waals surface area contributed by atoms with E-state index >= 15 is 0 Å². The molecule has 1 atom stereocenters. The smallest absolute Gasteiger partial charge is 0.319 e. The Balaban J connectivity index is 1.51. The van der Waals surface area contributed by atoms with Gasteiger partial charge in [-0.05, 0) is 29.7 Å². The molecule has 2 N–H and O–H groups in total. The summed E-state index contributed by atoms with van der Waals surface area (Å²) in [5.41, 5.74) is 1.83. The van der Waals surface area contributed by atoms with Crippen LogP contribution < -0.4 is 10.6 Å². The Morgan fingerprint density at radius 3 is 2.67 bits per heavy atom. The van der Waals surface area contributed by atoms with Gasteiger partial charge in [0.25, 0.3) is 0 Å². The van der Waals surface area contributed by atoms with Crippen LogP contribution in [0, 0.1) is 0 Å². The molecule has 0 aliphatic rings. The van der Waals surface area contributed by atoms with E-state index in [1.807, 2.05) is 30.5 Å². The molecule has 0 saturated carbocycles. The van der Waals surface area contributed by atoms with Gasteiger partial charge in [0.2, 0.25) is 0 Å². The van der Waals surface area contributed by atoms with Gasteiger partial charge >= 0.3 is 6.03 Å². The number of nitrogens with zero attached hydrogens (tertiary/aromatic N) is 3. The molecule has 122 valence electrons. The maximum absolute atomic E-state index is 12.0. The van der Waals surface area contributed by atoms with E-state index in [2.05, 4.69) is 39.8 Å². The molecule has 24 heavy (non-hydrogen) atoms. The summed E-state index contributed by atoms with van der Waals surface area (Å²) in [5.74, 6) is 0.945. The van der Waals surface area contributed by atoms with Gasteiger partial charge in [-0.15, -0.1) is 0 Å². The molecule has 3 aromatic rings. The van der Waals surface area contributed by atoms with Gasteiger partial charge in [0.1, 0.15) is 0 Å². The molecule has 6 heteroatoms. The number of pyridine rings is 1.